The molecule has 0 radical (unpaired) electrons. The third kappa shape index (κ3) is 8.71. The molecule has 9 nitrogen and oxygen atoms in total. The highest BCUT2D eigenvalue weighted by atomic mass is 32.1. The molecule has 4 rings (SSSR count). The first-order chi connectivity index (χ1) is 19.2. The molecule has 1 fully saturated rings. The van der Waals surface area contributed by atoms with E-state index in [4.69, 9.17) is 18.9 Å². The lowest BCUT2D eigenvalue weighted by Gasteiger charge is -2.26. The van der Waals surface area contributed by atoms with Crippen LogP contribution in [0.5, 0.6) is 5.75 Å². The van der Waals surface area contributed by atoms with Crippen molar-refractivity contribution < 1.29 is 28.1 Å². The Morgan fingerprint density at radius 2 is 2.15 bits per heavy atom. The minimum atomic E-state index is -0.677. The first-order valence-corrected chi connectivity index (χ1v) is 13.8. The minimum Gasteiger partial charge on any atom is -0.491 e. The highest BCUT2D eigenvalue weighted by molar-refractivity contribution is 7.19. The molecular formula is C29H33FN4O5S. The van der Waals surface area contributed by atoms with E-state index in [2.05, 4.69) is 26.8 Å². The monoisotopic (exact) mass is 568 g/mol. The Morgan fingerprint density at radius 3 is 2.85 bits per heavy atom. The van der Waals surface area contributed by atoms with Gasteiger partial charge in [0.25, 0.3) is 0 Å². The first kappa shape index (κ1) is 29.4. The van der Waals surface area contributed by atoms with Crippen molar-refractivity contribution in [2.75, 3.05) is 31.8 Å². The van der Waals surface area contributed by atoms with Crippen LogP contribution in [0.15, 0.2) is 36.7 Å². The van der Waals surface area contributed by atoms with E-state index in [1.165, 1.54) is 28.6 Å². The van der Waals surface area contributed by atoms with Gasteiger partial charge in [-0.2, -0.15) is 0 Å². The Hall–Kier alpha value is -3.59. The van der Waals surface area contributed by atoms with Crippen LogP contribution in [-0.2, 0) is 14.2 Å². The van der Waals surface area contributed by atoms with Crippen LogP contribution < -0.4 is 9.64 Å². The van der Waals surface area contributed by atoms with Gasteiger partial charge in [0.15, 0.2) is 12.1 Å². The summed E-state index contributed by atoms with van der Waals surface area (Å²) >= 11 is 1.49. The van der Waals surface area contributed by atoms with Gasteiger partial charge < -0.3 is 18.9 Å². The van der Waals surface area contributed by atoms with Gasteiger partial charge in [-0.05, 0) is 76.3 Å². The van der Waals surface area contributed by atoms with Gasteiger partial charge in [-0.3, -0.25) is 4.90 Å². The van der Waals surface area contributed by atoms with Gasteiger partial charge >= 0.3 is 6.09 Å². The zero-order valence-electron chi connectivity index (χ0n) is 23.1. The number of fused-ring (bicyclic) bond motifs is 1. The Balaban J connectivity index is 1.31. The van der Waals surface area contributed by atoms with Gasteiger partial charge in [-0.15, -0.1) is 11.3 Å². The third-order valence-electron chi connectivity index (χ3n) is 5.63. The second kappa shape index (κ2) is 13.7. The van der Waals surface area contributed by atoms with E-state index in [-0.39, 0.29) is 12.9 Å². The second-order valence-electron chi connectivity index (χ2n) is 10.1. The number of nitrogens with zero attached hydrogens (tertiary/aromatic N) is 4. The molecule has 212 valence electrons. The first-order valence-electron chi connectivity index (χ1n) is 13.0. The maximum absolute atomic E-state index is 13.4. The summed E-state index contributed by atoms with van der Waals surface area (Å²) in [5.41, 5.74) is 0.687. The topological polar surface area (TPSA) is 95.9 Å². The number of halogens is 1. The number of alkyl halides is 1. The van der Waals surface area contributed by atoms with E-state index in [9.17, 15) is 9.18 Å². The van der Waals surface area contributed by atoms with Crippen molar-refractivity contribution in [2.24, 2.45) is 0 Å². The lowest BCUT2D eigenvalue weighted by atomic mass is 10.2. The van der Waals surface area contributed by atoms with Crippen LogP contribution in [0.3, 0.4) is 0 Å². The Bertz CT molecular complexity index is 1370. The van der Waals surface area contributed by atoms with E-state index < -0.39 is 24.5 Å². The van der Waals surface area contributed by atoms with Crippen molar-refractivity contribution in [3.05, 3.63) is 47.4 Å². The molecule has 0 aliphatic carbocycles. The molecule has 2 aromatic heterocycles. The number of ether oxygens (including phenoxy) is 4. The summed E-state index contributed by atoms with van der Waals surface area (Å²) in [6.45, 7) is 5.50. The fourth-order valence-corrected chi connectivity index (χ4v) is 4.54. The van der Waals surface area contributed by atoms with Crippen LogP contribution in [0.1, 0.15) is 50.7 Å². The third-order valence-corrected chi connectivity index (χ3v) is 6.61. The second-order valence-corrected chi connectivity index (χ2v) is 11.2. The quantitative estimate of drug-likeness (QED) is 0.316. The summed E-state index contributed by atoms with van der Waals surface area (Å²) in [6.07, 6.45) is 7.72. The summed E-state index contributed by atoms with van der Waals surface area (Å²) in [5, 5.41) is 0.779. The van der Waals surface area contributed by atoms with Crippen LogP contribution >= 0.6 is 11.3 Å². The molecule has 1 aromatic carbocycles. The standard InChI is InChI=1S/C29H33FN4O5S/c1-29(2,3)39-28(35)34(4)25-18-31-20(17-32-25)9-5-6-10-26-33-23-13-12-21(15-24(23)40-26)37-19-22(16-30)38-27-11-7-8-14-36-27/h6,10,12-13,15,17-18,22,27H,7-8,11,14,16,19H2,1-4H3/b10-6+. The van der Waals surface area contributed by atoms with Crippen LogP contribution in [0, 0.1) is 11.8 Å². The number of carbonyl (C=O) groups is 1. The number of hydrogen-bond acceptors (Lipinski definition) is 9. The van der Waals surface area contributed by atoms with E-state index in [0.29, 0.717) is 23.9 Å². The number of benzene rings is 1. The average Bonchev–Trinajstić information content (AvgIpc) is 3.35. The van der Waals surface area contributed by atoms with E-state index in [1.807, 2.05) is 24.3 Å². The SMILES string of the molecule is CN(C(=O)OC(C)(C)C)c1cnc(C#C/C=C/c2nc3ccc(OCC(CF)OC4CCCCO4)cc3s2)cn1. The van der Waals surface area contributed by atoms with Crippen LogP contribution in [-0.4, -0.2) is 66.0 Å². The van der Waals surface area contributed by atoms with Gasteiger partial charge in [0.1, 0.15) is 41.4 Å². The molecule has 40 heavy (non-hydrogen) atoms. The number of rotatable bonds is 8. The zero-order chi connectivity index (χ0) is 28.5. The van der Waals surface area contributed by atoms with Crippen molar-refractivity contribution in [3.63, 3.8) is 0 Å². The summed E-state index contributed by atoms with van der Waals surface area (Å²) in [4.78, 5) is 26.5. The number of hydrogen-bond donors (Lipinski definition) is 0. The van der Waals surface area contributed by atoms with Crippen molar-refractivity contribution in [1.29, 1.82) is 0 Å². The number of allylic oxidation sites excluding steroid dienone is 1. The highest BCUT2D eigenvalue weighted by Crippen LogP contribution is 2.27. The van der Waals surface area contributed by atoms with Crippen LogP contribution in [0.2, 0.25) is 0 Å². The Kier molecular flexibility index (Phi) is 10.0. The normalized spacial score (nSPS) is 16.4. The predicted octanol–water partition coefficient (Wildman–Crippen LogP) is 5.78. The molecule has 3 heterocycles. The summed E-state index contributed by atoms with van der Waals surface area (Å²) < 4.78 is 36.7. The number of thiazole rings is 1. The Morgan fingerprint density at radius 1 is 1.30 bits per heavy atom. The largest absolute Gasteiger partial charge is 0.491 e. The fraction of sp³-hybridized carbons (Fsp3) is 0.448. The van der Waals surface area contributed by atoms with Crippen LogP contribution in [0.25, 0.3) is 16.3 Å². The summed E-state index contributed by atoms with van der Waals surface area (Å²) in [7, 11) is 1.57. The van der Waals surface area contributed by atoms with Gasteiger partial charge in [0.2, 0.25) is 0 Å². The molecule has 1 aliphatic heterocycles. The summed E-state index contributed by atoms with van der Waals surface area (Å²) in [5.74, 6) is 6.82. The molecule has 2 atom stereocenters. The van der Waals surface area contributed by atoms with Gasteiger partial charge in [0, 0.05) is 13.7 Å². The van der Waals surface area contributed by atoms with Gasteiger partial charge in [-0.1, -0.05) is 5.92 Å². The van der Waals surface area contributed by atoms with Crippen molar-refractivity contribution in [3.8, 4) is 17.6 Å². The van der Waals surface area contributed by atoms with Gasteiger partial charge in [0.05, 0.1) is 22.6 Å². The lowest BCUT2D eigenvalue weighted by Crippen LogP contribution is -2.34. The van der Waals surface area contributed by atoms with Crippen molar-refractivity contribution >= 4 is 39.5 Å². The number of anilines is 1. The summed E-state index contributed by atoms with van der Waals surface area (Å²) in [6, 6.07) is 5.56. The van der Waals surface area contributed by atoms with E-state index in [1.54, 1.807) is 33.9 Å². The Labute approximate surface area is 237 Å². The minimum absolute atomic E-state index is 0.101. The predicted molar refractivity (Wildman–Crippen MR) is 152 cm³/mol. The molecule has 3 aromatic rings. The molecule has 2 unspecified atom stereocenters. The molecule has 1 amide bonds. The molecule has 11 heteroatoms. The molecule has 1 saturated heterocycles. The highest BCUT2D eigenvalue weighted by Gasteiger charge is 2.22. The van der Waals surface area contributed by atoms with Crippen molar-refractivity contribution in [2.45, 2.75) is 58.0 Å². The maximum atomic E-state index is 13.4. The van der Waals surface area contributed by atoms with Crippen molar-refractivity contribution in [1.82, 2.24) is 15.0 Å². The number of carbonyl (C=O) groups excluding carboxylic acids is 1. The lowest BCUT2D eigenvalue weighted by molar-refractivity contribution is -0.195. The number of amides is 1. The molecule has 0 bridgehead atoms. The maximum Gasteiger partial charge on any atom is 0.415 e. The molecular weight excluding hydrogens is 535 g/mol. The fourth-order valence-electron chi connectivity index (χ4n) is 3.64. The molecule has 1 aliphatic rings. The molecule has 0 spiro atoms. The number of aromatic nitrogens is 3. The molecule has 0 saturated carbocycles. The zero-order valence-corrected chi connectivity index (χ0v) is 23.9. The van der Waals surface area contributed by atoms with Crippen LogP contribution in [0.4, 0.5) is 15.0 Å². The molecule has 0 N–H and O–H groups in total. The van der Waals surface area contributed by atoms with E-state index >= 15 is 0 Å². The van der Waals surface area contributed by atoms with Gasteiger partial charge in [-0.25, -0.2) is 24.1 Å². The van der Waals surface area contributed by atoms with E-state index in [0.717, 1.165) is 34.5 Å². The average molecular weight is 569 g/mol. The smallest absolute Gasteiger partial charge is 0.415 e.